The maximum absolute atomic E-state index is 12.6. The summed E-state index contributed by atoms with van der Waals surface area (Å²) >= 11 is 0. The quantitative estimate of drug-likeness (QED) is 0.380. The number of amides is 1. The molecule has 0 fully saturated rings. The first-order chi connectivity index (χ1) is 15.6. The van der Waals surface area contributed by atoms with Crippen molar-refractivity contribution in [3.05, 3.63) is 54.1 Å². The minimum Gasteiger partial charge on any atom is -0.376 e. The van der Waals surface area contributed by atoms with Crippen molar-refractivity contribution in [2.45, 2.75) is 64.3 Å². The molecule has 1 atom stereocenters. The molecule has 0 aliphatic rings. The molecule has 0 bridgehead atoms. The molecule has 8 nitrogen and oxygen atoms in total. The number of carbonyl (C=O) groups excluding carboxylic acids is 1. The molecule has 0 aromatic heterocycles. The Labute approximate surface area is 197 Å². The van der Waals surface area contributed by atoms with Gasteiger partial charge in [-0.1, -0.05) is 12.1 Å². The normalized spacial score (nSPS) is 12.7. The van der Waals surface area contributed by atoms with Crippen LogP contribution in [0.3, 0.4) is 0 Å². The summed E-state index contributed by atoms with van der Waals surface area (Å²) in [4.78, 5) is 12.7. The first-order valence-corrected chi connectivity index (χ1v) is 12.5. The van der Waals surface area contributed by atoms with Gasteiger partial charge in [-0.3, -0.25) is 4.79 Å². The van der Waals surface area contributed by atoms with Gasteiger partial charge in [0.1, 0.15) is 6.04 Å². The molecule has 1 amide bonds. The van der Waals surface area contributed by atoms with Crippen LogP contribution in [0.4, 0.5) is 11.4 Å². The SMILES string of the molecule is CC(C)NS(=O)(=O)c1ccc(NC(=O)C(C)Nc2cccc(COCCOC(C)C)c2)cc1. The van der Waals surface area contributed by atoms with E-state index in [-0.39, 0.29) is 22.9 Å². The van der Waals surface area contributed by atoms with Gasteiger partial charge in [0.25, 0.3) is 0 Å². The average molecular weight is 478 g/mol. The largest absolute Gasteiger partial charge is 0.376 e. The molecule has 9 heteroatoms. The fraction of sp³-hybridized carbons (Fsp3) is 0.458. The highest BCUT2D eigenvalue weighted by Crippen LogP contribution is 2.16. The lowest BCUT2D eigenvalue weighted by molar-refractivity contribution is -0.116. The van der Waals surface area contributed by atoms with Crippen LogP contribution in [0, 0.1) is 0 Å². The summed E-state index contributed by atoms with van der Waals surface area (Å²) in [7, 11) is -3.57. The number of hydrogen-bond donors (Lipinski definition) is 3. The van der Waals surface area contributed by atoms with Gasteiger partial charge in [-0.05, 0) is 76.6 Å². The molecule has 0 heterocycles. The highest BCUT2D eigenvalue weighted by atomic mass is 32.2. The summed E-state index contributed by atoms with van der Waals surface area (Å²) in [6.07, 6.45) is 0.182. The van der Waals surface area contributed by atoms with E-state index in [1.54, 1.807) is 32.9 Å². The van der Waals surface area contributed by atoms with Crippen LogP contribution in [0.1, 0.15) is 40.2 Å². The van der Waals surface area contributed by atoms with Crippen molar-refractivity contribution in [2.75, 3.05) is 23.8 Å². The summed E-state index contributed by atoms with van der Waals surface area (Å²) in [5.74, 6) is -0.238. The number of benzene rings is 2. The van der Waals surface area contributed by atoms with Crippen molar-refractivity contribution >= 4 is 27.3 Å². The van der Waals surface area contributed by atoms with Crippen LogP contribution in [-0.2, 0) is 30.9 Å². The van der Waals surface area contributed by atoms with E-state index in [1.807, 2.05) is 38.1 Å². The van der Waals surface area contributed by atoms with E-state index in [9.17, 15) is 13.2 Å². The number of ether oxygens (including phenoxy) is 2. The zero-order valence-corrected chi connectivity index (χ0v) is 20.7. The van der Waals surface area contributed by atoms with E-state index in [4.69, 9.17) is 9.47 Å². The van der Waals surface area contributed by atoms with E-state index < -0.39 is 16.1 Å². The predicted octanol–water partition coefficient (Wildman–Crippen LogP) is 3.75. The van der Waals surface area contributed by atoms with E-state index in [0.717, 1.165) is 11.3 Å². The van der Waals surface area contributed by atoms with Gasteiger partial charge in [-0.15, -0.1) is 0 Å². The minimum absolute atomic E-state index is 0.148. The number of rotatable bonds is 13. The molecule has 0 saturated heterocycles. The van der Waals surface area contributed by atoms with Crippen molar-refractivity contribution < 1.29 is 22.7 Å². The molecule has 182 valence electrons. The first-order valence-electron chi connectivity index (χ1n) is 11.0. The molecular formula is C24H35N3O5S. The first kappa shape index (κ1) is 26.8. The van der Waals surface area contributed by atoms with Gasteiger partial charge in [-0.2, -0.15) is 0 Å². The van der Waals surface area contributed by atoms with Gasteiger partial charge >= 0.3 is 0 Å². The molecule has 0 spiro atoms. The number of hydrogen-bond acceptors (Lipinski definition) is 6. The van der Waals surface area contributed by atoms with Crippen molar-refractivity contribution in [1.82, 2.24) is 4.72 Å². The van der Waals surface area contributed by atoms with Crippen LogP contribution < -0.4 is 15.4 Å². The smallest absolute Gasteiger partial charge is 0.246 e. The molecule has 2 rings (SSSR count). The van der Waals surface area contributed by atoms with Gasteiger partial charge in [0.2, 0.25) is 15.9 Å². The van der Waals surface area contributed by atoms with E-state index in [1.165, 1.54) is 12.1 Å². The van der Waals surface area contributed by atoms with Crippen molar-refractivity contribution in [1.29, 1.82) is 0 Å². The van der Waals surface area contributed by atoms with Crippen molar-refractivity contribution in [3.8, 4) is 0 Å². The van der Waals surface area contributed by atoms with Crippen LogP contribution in [0.2, 0.25) is 0 Å². The zero-order valence-electron chi connectivity index (χ0n) is 19.9. The standard InChI is InChI=1S/C24H35N3O5S/c1-17(2)27-33(29,30)23-11-9-21(10-12-23)26-24(28)19(5)25-22-8-6-7-20(15-22)16-31-13-14-32-18(3)4/h6-12,15,17-19,25,27H,13-14,16H2,1-5H3,(H,26,28). The lowest BCUT2D eigenvalue weighted by Crippen LogP contribution is -2.32. The van der Waals surface area contributed by atoms with Gasteiger partial charge in [-0.25, -0.2) is 13.1 Å². The maximum Gasteiger partial charge on any atom is 0.246 e. The minimum atomic E-state index is -3.57. The fourth-order valence-electron chi connectivity index (χ4n) is 2.95. The Morgan fingerprint density at radius 1 is 0.939 bits per heavy atom. The molecule has 0 aliphatic heterocycles. The molecule has 33 heavy (non-hydrogen) atoms. The second-order valence-corrected chi connectivity index (χ2v) is 10.0. The second-order valence-electron chi connectivity index (χ2n) is 8.33. The van der Waals surface area contributed by atoms with Crippen LogP contribution in [0.5, 0.6) is 0 Å². The van der Waals surface area contributed by atoms with Gasteiger partial charge in [0.05, 0.1) is 30.8 Å². The molecule has 0 radical (unpaired) electrons. The number of sulfonamides is 1. The lowest BCUT2D eigenvalue weighted by Gasteiger charge is -2.16. The predicted molar refractivity (Wildman–Crippen MR) is 131 cm³/mol. The Bertz CT molecular complexity index is 991. The van der Waals surface area contributed by atoms with Gasteiger partial charge in [0, 0.05) is 17.4 Å². The van der Waals surface area contributed by atoms with Crippen molar-refractivity contribution in [2.24, 2.45) is 0 Å². The van der Waals surface area contributed by atoms with Crippen LogP contribution >= 0.6 is 0 Å². The Balaban J connectivity index is 1.88. The van der Waals surface area contributed by atoms with Crippen LogP contribution in [0.25, 0.3) is 0 Å². The molecular weight excluding hydrogens is 442 g/mol. The third-order valence-electron chi connectivity index (χ3n) is 4.47. The van der Waals surface area contributed by atoms with E-state index in [2.05, 4.69) is 15.4 Å². The fourth-order valence-corrected chi connectivity index (χ4v) is 4.20. The molecule has 0 aliphatic carbocycles. The van der Waals surface area contributed by atoms with Gasteiger partial charge in [0.15, 0.2) is 0 Å². The number of nitrogens with one attached hydrogen (secondary N) is 3. The third-order valence-corrected chi connectivity index (χ3v) is 6.15. The number of carbonyl (C=O) groups is 1. The Hall–Kier alpha value is -2.46. The average Bonchev–Trinajstić information content (AvgIpc) is 2.73. The van der Waals surface area contributed by atoms with Crippen LogP contribution in [-0.4, -0.2) is 45.7 Å². The molecule has 3 N–H and O–H groups in total. The van der Waals surface area contributed by atoms with Crippen molar-refractivity contribution in [3.63, 3.8) is 0 Å². The molecule has 1 unspecified atom stereocenters. The molecule has 0 saturated carbocycles. The summed E-state index contributed by atoms with van der Waals surface area (Å²) in [6, 6.07) is 13.1. The van der Waals surface area contributed by atoms with E-state index in [0.29, 0.717) is 25.5 Å². The summed E-state index contributed by atoms with van der Waals surface area (Å²) in [5, 5.41) is 5.98. The topological polar surface area (TPSA) is 106 Å². The summed E-state index contributed by atoms with van der Waals surface area (Å²) < 4.78 is 38.0. The Morgan fingerprint density at radius 2 is 1.64 bits per heavy atom. The highest BCUT2D eigenvalue weighted by Gasteiger charge is 2.16. The summed E-state index contributed by atoms with van der Waals surface area (Å²) in [6.45, 7) is 10.8. The van der Waals surface area contributed by atoms with Gasteiger partial charge < -0.3 is 20.1 Å². The molecule has 2 aromatic rings. The second kappa shape index (κ2) is 12.7. The van der Waals surface area contributed by atoms with Crippen LogP contribution in [0.15, 0.2) is 53.4 Å². The number of anilines is 2. The zero-order chi connectivity index (χ0) is 24.4. The Morgan fingerprint density at radius 3 is 2.27 bits per heavy atom. The molecule has 2 aromatic carbocycles. The third kappa shape index (κ3) is 9.51. The maximum atomic E-state index is 12.6. The monoisotopic (exact) mass is 477 g/mol. The highest BCUT2D eigenvalue weighted by molar-refractivity contribution is 7.89. The summed E-state index contributed by atoms with van der Waals surface area (Å²) in [5.41, 5.74) is 2.31. The lowest BCUT2D eigenvalue weighted by atomic mass is 10.2. The van der Waals surface area contributed by atoms with E-state index >= 15 is 0 Å². The Kier molecular flexibility index (Phi) is 10.3.